The van der Waals surface area contributed by atoms with Crippen molar-refractivity contribution in [3.05, 3.63) is 71.8 Å². The number of carbonyl (C=O) groups excluding carboxylic acids is 2. The summed E-state index contributed by atoms with van der Waals surface area (Å²) in [5.74, 6) is 0.898. The van der Waals surface area contributed by atoms with E-state index in [0.29, 0.717) is 30.4 Å². The molecular weight excluding hydrogens is 392 g/mol. The predicted octanol–water partition coefficient (Wildman–Crippen LogP) is 2.95. The van der Waals surface area contributed by atoms with Crippen molar-refractivity contribution in [2.24, 2.45) is 0 Å². The van der Waals surface area contributed by atoms with Crippen molar-refractivity contribution >= 4 is 34.9 Å². The molecule has 0 saturated carbocycles. The second-order valence-electron chi connectivity index (χ2n) is 7.52. The number of piperidine rings is 1. The number of likely N-dealkylation sites (tertiary alicyclic amines) is 1. The first kappa shape index (κ1) is 20.7. The Morgan fingerprint density at radius 2 is 1.71 bits per heavy atom. The molecule has 3 heterocycles. The minimum Gasteiger partial charge on any atom is -0.388 e. The lowest BCUT2D eigenvalue weighted by atomic mass is 9.96. The number of H-pyrrole nitrogens is 1. The van der Waals surface area contributed by atoms with Gasteiger partial charge in [-0.3, -0.25) is 9.59 Å². The quantitative estimate of drug-likeness (QED) is 0.602. The van der Waals surface area contributed by atoms with Crippen molar-refractivity contribution in [3.63, 3.8) is 0 Å². The number of carbonyl (C=O) groups is 2. The smallest absolute Gasteiger partial charge is 0.246 e. The number of nitrogens with zero attached hydrogens (tertiary/aromatic N) is 3. The molecule has 1 saturated heterocycles. The van der Waals surface area contributed by atoms with Crippen molar-refractivity contribution in [3.8, 4) is 0 Å². The molecule has 1 amide bonds. The van der Waals surface area contributed by atoms with Crippen LogP contribution in [0.25, 0.3) is 23.2 Å². The summed E-state index contributed by atoms with van der Waals surface area (Å²) in [5.41, 5.74) is 3.24. The molecular formula is C24H24N4O3. The second kappa shape index (κ2) is 9.49. The van der Waals surface area contributed by atoms with Crippen molar-refractivity contribution < 1.29 is 14.7 Å². The molecule has 0 spiro atoms. The molecule has 0 aliphatic carbocycles. The summed E-state index contributed by atoms with van der Waals surface area (Å²) in [5, 5.41) is 8.77. The molecule has 0 bridgehead atoms. The molecule has 31 heavy (non-hydrogen) atoms. The number of amides is 1. The first-order valence-corrected chi connectivity index (χ1v) is 10.3. The van der Waals surface area contributed by atoms with Crippen molar-refractivity contribution in [1.82, 2.24) is 19.9 Å². The fraction of sp³-hybridized carbons (Fsp3) is 0.250. The van der Waals surface area contributed by atoms with Gasteiger partial charge in [-0.25, -0.2) is 9.97 Å². The number of rotatable bonds is 6. The zero-order chi connectivity index (χ0) is 21.6. The third-order valence-electron chi connectivity index (χ3n) is 5.39. The monoisotopic (exact) mass is 416 g/mol. The molecule has 7 heteroatoms. The van der Waals surface area contributed by atoms with E-state index >= 15 is 0 Å². The van der Waals surface area contributed by atoms with E-state index in [9.17, 15) is 9.59 Å². The molecule has 1 fully saturated rings. The zero-order valence-electron chi connectivity index (χ0n) is 17.1. The number of aliphatic hydroxyl groups excluding tert-OH is 1. The normalized spacial score (nSPS) is 15.3. The van der Waals surface area contributed by atoms with Crippen LogP contribution in [0.4, 0.5) is 0 Å². The highest BCUT2D eigenvalue weighted by molar-refractivity contribution is 5.94. The van der Waals surface area contributed by atoms with Crippen LogP contribution in [0.3, 0.4) is 0 Å². The Bertz CT molecular complexity index is 1110. The van der Waals surface area contributed by atoms with Crippen molar-refractivity contribution in [2.45, 2.75) is 18.8 Å². The minimum atomic E-state index is -0.530. The van der Waals surface area contributed by atoms with Gasteiger partial charge in [-0.1, -0.05) is 18.2 Å². The molecule has 1 aliphatic heterocycles. The molecule has 2 aromatic heterocycles. The lowest BCUT2D eigenvalue weighted by Gasteiger charge is -2.30. The first-order chi connectivity index (χ1) is 15.1. The van der Waals surface area contributed by atoms with Gasteiger partial charge in [-0.05, 0) is 55.3 Å². The van der Waals surface area contributed by atoms with Crippen LogP contribution in [0.15, 0.2) is 54.6 Å². The Morgan fingerprint density at radius 3 is 2.42 bits per heavy atom. The van der Waals surface area contributed by atoms with Gasteiger partial charge in [0.1, 0.15) is 12.4 Å². The van der Waals surface area contributed by atoms with E-state index in [1.54, 1.807) is 30.4 Å². The summed E-state index contributed by atoms with van der Waals surface area (Å²) in [6.07, 6.45) is 7.79. The SMILES string of the molecule is O=C(/C=C/c1cccc(/C=C/C(=O)N2CCC(c3nc4ccccc4[nH]3)CC2)n1)CO. The van der Waals surface area contributed by atoms with Crippen molar-refractivity contribution in [1.29, 1.82) is 0 Å². The maximum Gasteiger partial charge on any atom is 0.246 e. The van der Waals surface area contributed by atoms with Gasteiger partial charge >= 0.3 is 0 Å². The Balaban J connectivity index is 1.34. The number of aliphatic hydroxyl groups is 1. The Kier molecular flexibility index (Phi) is 6.33. The molecule has 7 nitrogen and oxygen atoms in total. The molecule has 158 valence electrons. The third-order valence-corrected chi connectivity index (χ3v) is 5.39. The van der Waals surface area contributed by atoms with Gasteiger partial charge < -0.3 is 15.0 Å². The molecule has 0 atom stereocenters. The van der Waals surface area contributed by atoms with Gasteiger partial charge in [0.25, 0.3) is 0 Å². The molecule has 0 unspecified atom stereocenters. The Morgan fingerprint density at radius 1 is 1.00 bits per heavy atom. The number of benzene rings is 1. The van der Waals surface area contributed by atoms with Crippen LogP contribution in [0.5, 0.6) is 0 Å². The van der Waals surface area contributed by atoms with Crippen LogP contribution in [0.1, 0.15) is 36.0 Å². The van der Waals surface area contributed by atoms with E-state index in [0.717, 1.165) is 29.7 Å². The number of imidazole rings is 1. The van der Waals surface area contributed by atoms with Crippen LogP contribution in [-0.4, -0.2) is 56.3 Å². The second-order valence-corrected chi connectivity index (χ2v) is 7.52. The summed E-state index contributed by atoms with van der Waals surface area (Å²) >= 11 is 0. The highest BCUT2D eigenvalue weighted by atomic mass is 16.3. The lowest BCUT2D eigenvalue weighted by molar-refractivity contribution is -0.127. The minimum absolute atomic E-state index is 0.0405. The highest BCUT2D eigenvalue weighted by Crippen LogP contribution is 2.27. The maximum atomic E-state index is 12.6. The van der Waals surface area contributed by atoms with E-state index in [2.05, 4.69) is 9.97 Å². The Hall–Kier alpha value is -3.58. The van der Waals surface area contributed by atoms with Gasteiger partial charge in [0, 0.05) is 25.1 Å². The highest BCUT2D eigenvalue weighted by Gasteiger charge is 2.24. The number of nitrogens with one attached hydrogen (secondary N) is 1. The first-order valence-electron chi connectivity index (χ1n) is 10.3. The number of para-hydroxylation sites is 2. The van der Waals surface area contributed by atoms with Crippen LogP contribution < -0.4 is 0 Å². The van der Waals surface area contributed by atoms with E-state index in [1.165, 1.54) is 12.2 Å². The summed E-state index contributed by atoms with van der Waals surface area (Å²) in [6, 6.07) is 13.4. The number of hydrogen-bond donors (Lipinski definition) is 2. The van der Waals surface area contributed by atoms with E-state index < -0.39 is 6.61 Å². The number of hydrogen-bond acceptors (Lipinski definition) is 5. The number of pyridine rings is 1. The number of aromatic amines is 1. The molecule has 1 aliphatic rings. The van der Waals surface area contributed by atoms with Crippen LogP contribution in [0, 0.1) is 0 Å². The Labute approximate surface area is 180 Å². The summed E-state index contributed by atoms with van der Waals surface area (Å²) < 4.78 is 0. The van der Waals surface area contributed by atoms with Crippen LogP contribution in [0.2, 0.25) is 0 Å². The molecule has 0 radical (unpaired) electrons. The molecule has 4 rings (SSSR count). The largest absolute Gasteiger partial charge is 0.388 e. The van der Waals surface area contributed by atoms with E-state index in [-0.39, 0.29) is 11.7 Å². The van der Waals surface area contributed by atoms with Gasteiger partial charge in [0.05, 0.1) is 22.4 Å². The average Bonchev–Trinajstić information content (AvgIpc) is 3.26. The van der Waals surface area contributed by atoms with Crippen LogP contribution >= 0.6 is 0 Å². The van der Waals surface area contributed by atoms with Gasteiger partial charge in [-0.2, -0.15) is 0 Å². The average molecular weight is 416 g/mol. The van der Waals surface area contributed by atoms with Gasteiger partial charge in [-0.15, -0.1) is 0 Å². The summed E-state index contributed by atoms with van der Waals surface area (Å²) in [7, 11) is 0. The van der Waals surface area contributed by atoms with Gasteiger partial charge in [0.2, 0.25) is 5.91 Å². The van der Waals surface area contributed by atoms with Crippen LogP contribution in [-0.2, 0) is 9.59 Å². The standard InChI is InChI=1S/C24H24N4O3/c29-16-20(30)10-8-18-4-3-5-19(25-18)9-11-23(31)28-14-12-17(13-15-28)24-26-21-6-1-2-7-22(21)27-24/h1-11,17,29H,12-16H2,(H,26,27)/b10-8+,11-9+. The number of ketones is 1. The predicted molar refractivity (Wildman–Crippen MR) is 119 cm³/mol. The number of aromatic nitrogens is 3. The molecule has 2 N–H and O–H groups in total. The molecule has 3 aromatic rings. The van der Waals surface area contributed by atoms with Crippen molar-refractivity contribution in [2.75, 3.05) is 19.7 Å². The fourth-order valence-electron chi connectivity index (χ4n) is 3.69. The summed E-state index contributed by atoms with van der Waals surface area (Å²) in [4.78, 5) is 38.1. The van der Waals surface area contributed by atoms with Gasteiger partial charge in [0.15, 0.2) is 5.78 Å². The number of fused-ring (bicyclic) bond motifs is 1. The van der Waals surface area contributed by atoms with E-state index in [4.69, 9.17) is 10.1 Å². The topological polar surface area (TPSA) is 99.2 Å². The lowest BCUT2D eigenvalue weighted by Crippen LogP contribution is -2.37. The fourth-order valence-corrected chi connectivity index (χ4v) is 3.69. The molecule has 1 aromatic carbocycles. The van der Waals surface area contributed by atoms with E-state index in [1.807, 2.05) is 29.2 Å². The maximum absolute atomic E-state index is 12.6. The summed E-state index contributed by atoms with van der Waals surface area (Å²) in [6.45, 7) is 0.840. The third kappa shape index (κ3) is 5.13. The zero-order valence-corrected chi connectivity index (χ0v) is 17.1.